The summed E-state index contributed by atoms with van der Waals surface area (Å²) in [6.07, 6.45) is 0. The number of halogens is 3. The van der Waals surface area contributed by atoms with Crippen molar-refractivity contribution in [3.05, 3.63) is 34.3 Å². The first-order valence-electron chi connectivity index (χ1n) is 4.00. The van der Waals surface area contributed by atoms with E-state index in [1.807, 2.05) is 0 Å². The van der Waals surface area contributed by atoms with E-state index in [0.717, 1.165) is 12.1 Å². The summed E-state index contributed by atoms with van der Waals surface area (Å²) < 4.78 is 26.6. The van der Waals surface area contributed by atoms with Gasteiger partial charge in [0.15, 0.2) is 11.6 Å². The van der Waals surface area contributed by atoms with Crippen LogP contribution < -0.4 is 0 Å². The molecule has 0 radical (unpaired) electrons. The van der Waals surface area contributed by atoms with Crippen molar-refractivity contribution >= 4 is 26.7 Å². The van der Waals surface area contributed by atoms with Crippen LogP contribution in [0.3, 0.4) is 0 Å². The molecule has 2 N–H and O–H groups in total. The van der Waals surface area contributed by atoms with Gasteiger partial charge in [0.05, 0.1) is 5.39 Å². The maximum atomic E-state index is 13.3. The highest BCUT2D eigenvalue weighted by molar-refractivity contribution is 9.10. The lowest BCUT2D eigenvalue weighted by Gasteiger charge is -2.06. The van der Waals surface area contributed by atoms with E-state index in [4.69, 9.17) is 0 Å². The number of benzene rings is 2. The minimum absolute atomic E-state index is 0.214. The first-order chi connectivity index (χ1) is 7.00. The molecule has 0 amide bonds. The van der Waals surface area contributed by atoms with Gasteiger partial charge in [0.25, 0.3) is 0 Å². The molecule has 0 saturated carbocycles. The van der Waals surface area contributed by atoms with Crippen LogP contribution in [0.4, 0.5) is 8.78 Å². The van der Waals surface area contributed by atoms with Crippen LogP contribution in [0.1, 0.15) is 0 Å². The van der Waals surface area contributed by atoms with Crippen LogP contribution in [-0.2, 0) is 0 Å². The Hall–Kier alpha value is -1.36. The average molecular weight is 275 g/mol. The molecule has 5 heteroatoms. The third-order valence-electron chi connectivity index (χ3n) is 2.04. The Morgan fingerprint density at radius 2 is 1.73 bits per heavy atom. The zero-order chi connectivity index (χ0) is 11.2. The molecule has 2 rings (SSSR count). The van der Waals surface area contributed by atoms with Crippen molar-refractivity contribution in [3.8, 4) is 11.5 Å². The van der Waals surface area contributed by atoms with Gasteiger partial charge in [0.2, 0.25) is 0 Å². The normalized spacial score (nSPS) is 10.9. The van der Waals surface area contributed by atoms with Gasteiger partial charge in [-0.05, 0) is 12.1 Å². The lowest BCUT2D eigenvalue weighted by atomic mass is 10.1. The number of rotatable bonds is 0. The van der Waals surface area contributed by atoms with E-state index < -0.39 is 17.4 Å². The fourth-order valence-electron chi connectivity index (χ4n) is 1.40. The zero-order valence-corrected chi connectivity index (χ0v) is 8.85. The van der Waals surface area contributed by atoms with Gasteiger partial charge in [-0.2, -0.15) is 0 Å². The van der Waals surface area contributed by atoms with Gasteiger partial charge in [-0.25, -0.2) is 8.78 Å². The highest BCUT2D eigenvalue weighted by atomic mass is 79.9. The minimum Gasteiger partial charge on any atom is -0.508 e. The quantitative estimate of drug-likeness (QED) is 0.724. The molecule has 0 aromatic heterocycles. The van der Waals surface area contributed by atoms with Crippen LogP contribution in [0.25, 0.3) is 10.8 Å². The van der Waals surface area contributed by atoms with Gasteiger partial charge in [-0.3, -0.25) is 0 Å². The summed E-state index contributed by atoms with van der Waals surface area (Å²) in [7, 11) is 0. The smallest absolute Gasteiger partial charge is 0.170 e. The molecule has 0 unspecified atom stereocenters. The fraction of sp³-hybridized carbons (Fsp3) is 0. The second kappa shape index (κ2) is 3.34. The Balaban J connectivity index is 3.03. The maximum Gasteiger partial charge on any atom is 0.170 e. The first-order valence-corrected chi connectivity index (χ1v) is 4.79. The Bertz CT molecular complexity index is 555. The lowest BCUT2D eigenvalue weighted by Crippen LogP contribution is -1.88. The van der Waals surface area contributed by atoms with Crippen molar-refractivity contribution in [1.29, 1.82) is 0 Å². The summed E-state index contributed by atoms with van der Waals surface area (Å²) in [5, 5.41) is 18.6. The summed E-state index contributed by atoms with van der Waals surface area (Å²) in [4.78, 5) is 0. The number of aromatic hydroxyl groups is 2. The van der Waals surface area contributed by atoms with Crippen molar-refractivity contribution < 1.29 is 19.0 Å². The summed E-state index contributed by atoms with van der Waals surface area (Å²) in [5.41, 5.74) is 0. The van der Waals surface area contributed by atoms with E-state index in [2.05, 4.69) is 15.9 Å². The van der Waals surface area contributed by atoms with E-state index in [0.29, 0.717) is 0 Å². The molecule has 0 saturated heterocycles. The number of phenolic OH excluding ortho intramolecular Hbond substituents is 2. The molecule has 2 nitrogen and oxygen atoms in total. The molecule has 15 heavy (non-hydrogen) atoms. The van der Waals surface area contributed by atoms with Crippen molar-refractivity contribution in [1.82, 2.24) is 0 Å². The summed E-state index contributed by atoms with van der Waals surface area (Å²) >= 11 is 3.02. The molecular weight excluding hydrogens is 270 g/mol. The molecule has 0 aliphatic carbocycles. The topological polar surface area (TPSA) is 40.5 Å². The zero-order valence-electron chi connectivity index (χ0n) is 7.26. The molecule has 0 aliphatic rings. The Labute approximate surface area is 91.9 Å². The number of hydrogen-bond acceptors (Lipinski definition) is 2. The highest BCUT2D eigenvalue weighted by Gasteiger charge is 2.15. The Kier molecular flexibility index (Phi) is 2.26. The molecular formula is C10H5BrF2O2. The van der Waals surface area contributed by atoms with E-state index >= 15 is 0 Å². The monoisotopic (exact) mass is 274 g/mol. The largest absolute Gasteiger partial charge is 0.508 e. The Morgan fingerprint density at radius 1 is 1.07 bits per heavy atom. The van der Waals surface area contributed by atoms with E-state index in [1.54, 1.807) is 0 Å². The predicted octanol–water partition coefficient (Wildman–Crippen LogP) is 3.29. The molecule has 78 valence electrons. The maximum absolute atomic E-state index is 13.3. The molecule has 0 heterocycles. The number of phenols is 2. The fourth-order valence-corrected chi connectivity index (χ4v) is 1.92. The van der Waals surface area contributed by atoms with Crippen LogP contribution in [0, 0.1) is 11.6 Å². The second-order valence-corrected chi connectivity index (χ2v) is 3.90. The van der Waals surface area contributed by atoms with Crippen LogP contribution >= 0.6 is 15.9 Å². The van der Waals surface area contributed by atoms with Crippen molar-refractivity contribution in [2.24, 2.45) is 0 Å². The van der Waals surface area contributed by atoms with E-state index in [1.165, 1.54) is 6.07 Å². The predicted molar refractivity (Wildman–Crippen MR) is 54.9 cm³/mol. The minimum atomic E-state index is -1.13. The SMILES string of the molecule is Oc1cc(O)c2c(F)c(F)cc(Br)c2c1. The van der Waals surface area contributed by atoms with E-state index in [-0.39, 0.29) is 21.0 Å². The van der Waals surface area contributed by atoms with Crippen LogP contribution in [0.15, 0.2) is 22.7 Å². The van der Waals surface area contributed by atoms with Crippen LogP contribution in [-0.4, -0.2) is 10.2 Å². The second-order valence-electron chi connectivity index (χ2n) is 3.04. The third-order valence-corrected chi connectivity index (χ3v) is 2.70. The molecule has 2 aromatic rings. The standard InChI is InChI=1S/C10H5BrF2O2/c11-6-3-7(12)10(13)9-5(6)1-4(14)2-8(9)15/h1-3,14-15H. The van der Waals surface area contributed by atoms with Crippen molar-refractivity contribution in [3.63, 3.8) is 0 Å². The van der Waals surface area contributed by atoms with Gasteiger partial charge in [0, 0.05) is 15.9 Å². The number of fused-ring (bicyclic) bond motifs is 1. The van der Waals surface area contributed by atoms with Gasteiger partial charge in [-0.1, -0.05) is 15.9 Å². The summed E-state index contributed by atoms with van der Waals surface area (Å²) in [5.74, 6) is -2.91. The van der Waals surface area contributed by atoms with Crippen molar-refractivity contribution in [2.75, 3.05) is 0 Å². The molecule has 0 atom stereocenters. The van der Waals surface area contributed by atoms with Crippen molar-refractivity contribution in [2.45, 2.75) is 0 Å². The summed E-state index contributed by atoms with van der Waals surface area (Å²) in [6.45, 7) is 0. The first kappa shape index (κ1) is 10.2. The third kappa shape index (κ3) is 1.52. The van der Waals surface area contributed by atoms with Gasteiger partial charge in [-0.15, -0.1) is 0 Å². The molecule has 0 fully saturated rings. The highest BCUT2D eigenvalue weighted by Crippen LogP contribution is 2.36. The average Bonchev–Trinajstić information content (AvgIpc) is 2.13. The molecule has 2 aromatic carbocycles. The lowest BCUT2D eigenvalue weighted by molar-refractivity contribution is 0.451. The molecule has 0 spiro atoms. The van der Waals surface area contributed by atoms with Gasteiger partial charge in [0.1, 0.15) is 11.5 Å². The molecule has 0 aliphatic heterocycles. The van der Waals surface area contributed by atoms with Gasteiger partial charge < -0.3 is 10.2 Å². The van der Waals surface area contributed by atoms with E-state index in [9.17, 15) is 19.0 Å². The molecule has 0 bridgehead atoms. The van der Waals surface area contributed by atoms with Crippen LogP contribution in [0.5, 0.6) is 11.5 Å². The van der Waals surface area contributed by atoms with Crippen LogP contribution in [0.2, 0.25) is 0 Å². The summed E-state index contributed by atoms with van der Waals surface area (Å²) in [6, 6.07) is 3.13. The number of hydrogen-bond donors (Lipinski definition) is 2. The van der Waals surface area contributed by atoms with Gasteiger partial charge >= 0.3 is 0 Å². The Morgan fingerprint density at radius 3 is 2.40 bits per heavy atom.